The van der Waals surface area contributed by atoms with Crippen LogP contribution in [0.3, 0.4) is 0 Å². The number of aromatic nitrogens is 1. The van der Waals surface area contributed by atoms with Crippen LogP contribution in [0.2, 0.25) is 0 Å². The Morgan fingerprint density at radius 2 is 2.08 bits per heavy atom. The topological polar surface area (TPSA) is 14.1 Å². The molecule has 0 spiro atoms. The van der Waals surface area contributed by atoms with Gasteiger partial charge in [0, 0.05) is 0 Å². The average molecular weight is 209 g/mol. The number of hydrogen-bond donors (Lipinski definition) is 0. The smallest absolute Gasteiger partial charge is 0.663 e. The molecule has 0 aliphatic heterocycles. The van der Waals surface area contributed by atoms with Crippen molar-refractivity contribution in [3.8, 4) is 0 Å². The predicted molar refractivity (Wildman–Crippen MR) is 46.3 cm³/mol. The van der Waals surface area contributed by atoms with Gasteiger partial charge in [0.2, 0.25) is 0 Å². The van der Waals surface area contributed by atoms with Gasteiger partial charge >= 0.3 is 19.5 Å². The average Bonchev–Trinajstić information content (AvgIpc) is 2.50. The Labute approximate surface area is 84.9 Å². The Morgan fingerprint density at radius 1 is 1.25 bits per heavy atom. The second-order valence-corrected chi connectivity index (χ2v) is 2.55. The van der Waals surface area contributed by atoms with Gasteiger partial charge in [0.1, 0.15) is 0 Å². The maximum atomic E-state index is 4.25. The molecule has 0 radical (unpaired) electrons. The molecular formula is C10H9NZn. The third-order valence-corrected chi connectivity index (χ3v) is 1.88. The van der Waals surface area contributed by atoms with E-state index in [9.17, 15) is 0 Å². The molecule has 0 amide bonds. The molecule has 2 heteroatoms. The fourth-order valence-corrected chi connectivity index (χ4v) is 1.30. The van der Waals surface area contributed by atoms with Crippen LogP contribution < -0.4 is 4.98 Å². The van der Waals surface area contributed by atoms with Crippen LogP contribution in [0.1, 0.15) is 5.56 Å². The van der Waals surface area contributed by atoms with E-state index in [4.69, 9.17) is 0 Å². The van der Waals surface area contributed by atoms with Gasteiger partial charge in [-0.15, -0.1) is 5.52 Å². The van der Waals surface area contributed by atoms with E-state index < -0.39 is 0 Å². The van der Waals surface area contributed by atoms with Crippen LogP contribution in [0.5, 0.6) is 0 Å². The molecule has 0 aliphatic carbocycles. The zero-order valence-electron chi connectivity index (χ0n) is 6.96. The summed E-state index contributed by atoms with van der Waals surface area (Å²) in [6, 6.07) is 8.21. The van der Waals surface area contributed by atoms with Crippen molar-refractivity contribution in [1.82, 2.24) is 4.98 Å². The second-order valence-electron chi connectivity index (χ2n) is 2.55. The van der Waals surface area contributed by atoms with Crippen molar-refractivity contribution in [2.24, 2.45) is 0 Å². The molecule has 0 bridgehead atoms. The first-order chi connectivity index (χ1) is 5.42. The summed E-state index contributed by atoms with van der Waals surface area (Å²) in [4.78, 5) is 4.25. The summed E-state index contributed by atoms with van der Waals surface area (Å²) >= 11 is 0. The summed E-state index contributed by atoms with van der Waals surface area (Å²) in [5.74, 6) is 0. The largest absolute Gasteiger partial charge is 2.00 e. The number of benzene rings is 1. The summed E-state index contributed by atoms with van der Waals surface area (Å²) in [6.07, 6.45) is 2.65. The summed E-state index contributed by atoms with van der Waals surface area (Å²) in [6.45, 7) is 3.85. The normalized spacial score (nSPS) is 9.75. The van der Waals surface area contributed by atoms with Crippen LogP contribution in [-0.4, -0.2) is 0 Å². The van der Waals surface area contributed by atoms with Gasteiger partial charge in [-0.05, 0) is 5.39 Å². The third-order valence-electron chi connectivity index (χ3n) is 1.88. The predicted octanol–water partition coefficient (Wildman–Crippen LogP) is 2.17. The first-order valence-corrected chi connectivity index (χ1v) is 3.70. The van der Waals surface area contributed by atoms with Gasteiger partial charge in [-0.25, -0.2) is 0 Å². The minimum absolute atomic E-state index is 0. The Hall–Kier alpha value is -0.617. The monoisotopic (exact) mass is 207 g/mol. The van der Waals surface area contributed by atoms with Crippen LogP contribution in [-0.2, 0) is 25.9 Å². The zero-order valence-corrected chi connectivity index (χ0v) is 9.92. The maximum absolute atomic E-state index is 4.25. The van der Waals surface area contributed by atoms with Gasteiger partial charge in [-0.3, -0.25) is 0 Å². The molecule has 0 unspecified atom stereocenters. The SMILES string of the molecule is [CH2-]Cc1cccc2cc[n-]c12.[Zn+2]. The second kappa shape index (κ2) is 3.86. The van der Waals surface area contributed by atoms with E-state index >= 15 is 0 Å². The first kappa shape index (κ1) is 9.47. The molecular weight excluding hydrogens is 200 g/mol. The summed E-state index contributed by atoms with van der Waals surface area (Å²) in [7, 11) is 0. The number of fused-ring (bicyclic) bond motifs is 1. The molecule has 56 valence electrons. The van der Waals surface area contributed by atoms with Gasteiger partial charge in [0.25, 0.3) is 0 Å². The molecule has 0 N–H and O–H groups in total. The Bertz CT molecular complexity index is 365. The molecule has 12 heavy (non-hydrogen) atoms. The van der Waals surface area contributed by atoms with E-state index in [2.05, 4.69) is 24.0 Å². The molecule has 2 rings (SSSR count). The van der Waals surface area contributed by atoms with Gasteiger partial charge in [-0.1, -0.05) is 29.8 Å². The molecule has 1 nitrogen and oxygen atoms in total. The van der Waals surface area contributed by atoms with Crippen LogP contribution in [0.4, 0.5) is 0 Å². The van der Waals surface area contributed by atoms with Gasteiger partial charge < -0.3 is 11.9 Å². The number of hydrogen-bond acceptors (Lipinski definition) is 0. The van der Waals surface area contributed by atoms with E-state index in [-0.39, 0.29) is 19.5 Å². The third kappa shape index (κ3) is 1.44. The van der Waals surface area contributed by atoms with Crippen LogP contribution in [0.25, 0.3) is 10.9 Å². The van der Waals surface area contributed by atoms with E-state index in [1.165, 1.54) is 10.9 Å². The van der Waals surface area contributed by atoms with Crippen molar-refractivity contribution in [3.05, 3.63) is 42.9 Å². The summed E-state index contributed by atoms with van der Waals surface area (Å²) in [5.41, 5.74) is 2.33. The minimum Gasteiger partial charge on any atom is -0.663 e. The molecule has 0 aliphatic rings. The Balaban J connectivity index is 0.000000720. The number of nitrogens with zero attached hydrogens (tertiary/aromatic N) is 1. The molecule has 1 aromatic heterocycles. The van der Waals surface area contributed by atoms with Crippen molar-refractivity contribution in [2.45, 2.75) is 6.42 Å². The van der Waals surface area contributed by atoms with Crippen molar-refractivity contribution < 1.29 is 19.5 Å². The fraction of sp³-hybridized carbons (Fsp3) is 0.100. The van der Waals surface area contributed by atoms with E-state index in [1.54, 1.807) is 0 Å². The molecule has 0 atom stereocenters. The molecule has 1 aromatic carbocycles. The van der Waals surface area contributed by atoms with Gasteiger partial charge in [-0.2, -0.15) is 12.6 Å². The van der Waals surface area contributed by atoms with Crippen LogP contribution in [0, 0.1) is 6.92 Å². The van der Waals surface area contributed by atoms with Crippen LogP contribution in [0.15, 0.2) is 30.5 Å². The van der Waals surface area contributed by atoms with Gasteiger partial charge in [0.15, 0.2) is 0 Å². The van der Waals surface area contributed by atoms with Crippen LogP contribution >= 0.6 is 0 Å². The van der Waals surface area contributed by atoms with E-state index in [1.807, 2.05) is 18.3 Å². The van der Waals surface area contributed by atoms with Crippen molar-refractivity contribution in [3.63, 3.8) is 0 Å². The minimum atomic E-state index is 0. The quantitative estimate of drug-likeness (QED) is 0.518. The van der Waals surface area contributed by atoms with Crippen molar-refractivity contribution in [1.29, 1.82) is 0 Å². The van der Waals surface area contributed by atoms with E-state index in [0.29, 0.717) is 0 Å². The standard InChI is InChI=1S/C10H9N.Zn/c1-2-8-4-3-5-9-6-7-11-10(8)9;/h3-7H,1-2H2;/q-2;+2. The number of para-hydroxylation sites is 1. The fourth-order valence-electron chi connectivity index (χ4n) is 1.30. The molecule has 2 aromatic rings. The Morgan fingerprint density at radius 3 is 2.83 bits per heavy atom. The molecule has 0 saturated carbocycles. The summed E-state index contributed by atoms with van der Waals surface area (Å²) in [5, 5.41) is 1.21. The molecule has 0 saturated heterocycles. The van der Waals surface area contributed by atoms with Gasteiger partial charge in [0.05, 0.1) is 0 Å². The van der Waals surface area contributed by atoms with E-state index in [0.717, 1.165) is 11.9 Å². The molecule has 0 fully saturated rings. The zero-order chi connectivity index (χ0) is 7.68. The summed E-state index contributed by atoms with van der Waals surface area (Å²) < 4.78 is 0. The van der Waals surface area contributed by atoms with Crippen molar-refractivity contribution in [2.75, 3.05) is 0 Å². The van der Waals surface area contributed by atoms with Crippen molar-refractivity contribution >= 4 is 10.9 Å². The maximum Gasteiger partial charge on any atom is 2.00 e. The first-order valence-electron chi connectivity index (χ1n) is 3.70. The number of rotatable bonds is 1. The Kier molecular flexibility index (Phi) is 3.05. The molecule has 1 heterocycles.